The zero-order valence-corrected chi connectivity index (χ0v) is 17.3. The van der Waals surface area contributed by atoms with Crippen molar-refractivity contribution in [2.45, 2.75) is 19.3 Å². The van der Waals surface area contributed by atoms with Crippen LogP contribution in [0.2, 0.25) is 0 Å². The molecule has 5 rings (SSSR count). The van der Waals surface area contributed by atoms with Crippen molar-refractivity contribution in [2.24, 2.45) is 5.73 Å². The molecule has 0 amide bonds. The molecule has 4 nitrogen and oxygen atoms in total. The Morgan fingerprint density at radius 3 is 2.58 bits per heavy atom. The average Bonchev–Trinajstić information content (AvgIpc) is 3.17. The maximum atomic E-state index is 6.11. The van der Waals surface area contributed by atoms with E-state index in [1.54, 1.807) is 0 Å². The molecule has 4 heteroatoms. The van der Waals surface area contributed by atoms with Crippen LogP contribution in [0.4, 0.5) is 0 Å². The van der Waals surface area contributed by atoms with Crippen LogP contribution in [0.25, 0.3) is 33.1 Å². The number of fused-ring (bicyclic) bond motifs is 2. The van der Waals surface area contributed by atoms with Crippen LogP contribution in [0, 0.1) is 0 Å². The highest BCUT2D eigenvalue weighted by Crippen LogP contribution is 2.37. The van der Waals surface area contributed by atoms with Crippen LogP contribution in [-0.2, 0) is 6.42 Å². The van der Waals surface area contributed by atoms with E-state index in [4.69, 9.17) is 10.5 Å². The number of benzene rings is 3. The molecule has 2 heterocycles. The number of rotatable bonds is 7. The summed E-state index contributed by atoms with van der Waals surface area (Å²) < 4.78 is 6.11. The standard InChI is InChI=1S/C27H25N3O/c28-16-5-4-12-22-24-18-21(31-20-10-2-1-3-11-20)14-15-25(24)30-27(22)23-13-6-8-19-9-7-17-29-26(19)23/h1-3,6-11,13-15,17-18,30H,4-5,12,16,28H2. The van der Waals surface area contributed by atoms with Gasteiger partial charge >= 0.3 is 0 Å². The van der Waals surface area contributed by atoms with Gasteiger partial charge in [-0.25, -0.2) is 0 Å². The molecule has 0 unspecified atom stereocenters. The van der Waals surface area contributed by atoms with Gasteiger partial charge in [-0.2, -0.15) is 0 Å². The van der Waals surface area contributed by atoms with E-state index in [1.165, 1.54) is 10.9 Å². The Labute approximate surface area is 181 Å². The summed E-state index contributed by atoms with van der Waals surface area (Å²) in [6.45, 7) is 0.704. The molecule has 3 N–H and O–H groups in total. The van der Waals surface area contributed by atoms with E-state index >= 15 is 0 Å². The molecule has 0 saturated heterocycles. The molecule has 0 radical (unpaired) electrons. The van der Waals surface area contributed by atoms with Crippen LogP contribution in [0.1, 0.15) is 18.4 Å². The van der Waals surface area contributed by atoms with E-state index in [1.807, 2.05) is 48.7 Å². The highest BCUT2D eigenvalue weighted by molar-refractivity contribution is 5.99. The Kier molecular flexibility index (Phi) is 5.38. The lowest BCUT2D eigenvalue weighted by molar-refractivity contribution is 0.483. The topological polar surface area (TPSA) is 63.9 Å². The Balaban J connectivity index is 1.64. The fourth-order valence-corrected chi connectivity index (χ4v) is 4.16. The molecule has 0 fully saturated rings. The van der Waals surface area contributed by atoms with Gasteiger partial charge in [0, 0.05) is 28.0 Å². The van der Waals surface area contributed by atoms with E-state index in [2.05, 4.69) is 46.4 Å². The highest BCUT2D eigenvalue weighted by atomic mass is 16.5. The number of aryl methyl sites for hydroxylation is 1. The van der Waals surface area contributed by atoms with Gasteiger partial charge < -0.3 is 15.5 Å². The van der Waals surface area contributed by atoms with E-state index in [0.717, 1.165) is 58.4 Å². The summed E-state index contributed by atoms with van der Waals surface area (Å²) in [5.74, 6) is 1.67. The van der Waals surface area contributed by atoms with Gasteiger partial charge in [0.05, 0.1) is 11.2 Å². The SMILES string of the molecule is NCCCCc1c(-c2cccc3cccnc23)[nH]c2ccc(Oc3ccccc3)cc12. The fraction of sp³-hybridized carbons (Fsp3) is 0.148. The monoisotopic (exact) mass is 407 g/mol. The van der Waals surface area contributed by atoms with Crippen LogP contribution < -0.4 is 10.5 Å². The first-order valence-corrected chi connectivity index (χ1v) is 10.7. The highest BCUT2D eigenvalue weighted by Gasteiger charge is 2.16. The van der Waals surface area contributed by atoms with E-state index in [-0.39, 0.29) is 0 Å². The van der Waals surface area contributed by atoms with Crippen LogP contribution in [0.5, 0.6) is 11.5 Å². The van der Waals surface area contributed by atoms with Gasteiger partial charge in [0.1, 0.15) is 11.5 Å². The molecule has 3 aromatic carbocycles. The van der Waals surface area contributed by atoms with Gasteiger partial charge in [0.15, 0.2) is 0 Å². The molecule has 31 heavy (non-hydrogen) atoms. The second-order valence-electron chi connectivity index (χ2n) is 7.73. The number of H-pyrrole nitrogens is 1. The van der Waals surface area contributed by atoms with E-state index < -0.39 is 0 Å². The van der Waals surface area contributed by atoms with Crippen LogP contribution in [0.3, 0.4) is 0 Å². The summed E-state index contributed by atoms with van der Waals surface area (Å²) >= 11 is 0. The summed E-state index contributed by atoms with van der Waals surface area (Å²) in [7, 11) is 0. The molecule has 2 aromatic heterocycles. The second kappa shape index (κ2) is 8.62. The summed E-state index contributed by atoms with van der Waals surface area (Å²) in [5.41, 5.74) is 11.4. The van der Waals surface area contributed by atoms with Crippen molar-refractivity contribution in [3.8, 4) is 22.8 Å². The third-order valence-corrected chi connectivity index (χ3v) is 5.64. The molecule has 0 atom stereocenters. The Morgan fingerprint density at radius 1 is 0.839 bits per heavy atom. The molecular formula is C27H25N3O. The Morgan fingerprint density at radius 2 is 1.71 bits per heavy atom. The van der Waals surface area contributed by atoms with Gasteiger partial charge in [-0.05, 0) is 67.8 Å². The zero-order chi connectivity index (χ0) is 21.0. The first-order valence-electron chi connectivity index (χ1n) is 10.7. The van der Waals surface area contributed by atoms with Crippen molar-refractivity contribution >= 4 is 21.8 Å². The first-order chi connectivity index (χ1) is 15.3. The molecule has 0 aliphatic rings. The quantitative estimate of drug-likeness (QED) is 0.304. The maximum Gasteiger partial charge on any atom is 0.128 e. The Hall–Kier alpha value is -3.63. The van der Waals surface area contributed by atoms with Gasteiger partial charge in [0.25, 0.3) is 0 Å². The normalized spacial score (nSPS) is 11.3. The minimum Gasteiger partial charge on any atom is -0.457 e. The number of hydrogen-bond acceptors (Lipinski definition) is 3. The third kappa shape index (κ3) is 3.90. The second-order valence-corrected chi connectivity index (χ2v) is 7.73. The fourth-order valence-electron chi connectivity index (χ4n) is 4.16. The molecule has 5 aromatic rings. The summed E-state index contributed by atoms with van der Waals surface area (Å²) in [4.78, 5) is 8.34. The number of para-hydroxylation sites is 2. The lowest BCUT2D eigenvalue weighted by Crippen LogP contribution is -1.99. The third-order valence-electron chi connectivity index (χ3n) is 5.64. The average molecular weight is 408 g/mol. The van der Waals surface area contributed by atoms with Gasteiger partial charge in [-0.3, -0.25) is 4.98 Å². The lowest BCUT2D eigenvalue weighted by atomic mass is 9.98. The molecular weight excluding hydrogens is 382 g/mol. The number of aromatic nitrogens is 2. The number of aromatic amines is 1. The Bertz CT molecular complexity index is 1320. The number of hydrogen-bond donors (Lipinski definition) is 2. The minimum atomic E-state index is 0.704. The summed E-state index contributed by atoms with van der Waals surface area (Å²) in [5, 5.41) is 2.33. The van der Waals surface area contributed by atoms with Gasteiger partial charge in [0.2, 0.25) is 0 Å². The molecule has 0 aliphatic heterocycles. The minimum absolute atomic E-state index is 0.704. The molecule has 0 bridgehead atoms. The molecule has 0 spiro atoms. The predicted molar refractivity (Wildman–Crippen MR) is 128 cm³/mol. The number of ether oxygens (including phenoxy) is 1. The van der Waals surface area contributed by atoms with Crippen molar-refractivity contribution < 1.29 is 4.74 Å². The summed E-state index contributed by atoms with van der Waals surface area (Å²) in [6.07, 6.45) is 4.84. The first kappa shape index (κ1) is 19.3. The number of pyridine rings is 1. The zero-order valence-electron chi connectivity index (χ0n) is 17.3. The lowest BCUT2D eigenvalue weighted by Gasteiger charge is -2.09. The summed E-state index contributed by atoms with van der Waals surface area (Å²) in [6, 6.07) is 26.6. The van der Waals surface area contributed by atoms with Crippen LogP contribution in [0.15, 0.2) is 85.1 Å². The molecule has 0 saturated carbocycles. The van der Waals surface area contributed by atoms with E-state index in [0.29, 0.717) is 6.54 Å². The maximum absolute atomic E-state index is 6.11. The van der Waals surface area contributed by atoms with Gasteiger partial charge in [-0.1, -0.05) is 42.5 Å². The smallest absolute Gasteiger partial charge is 0.128 e. The number of nitrogens with two attached hydrogens (primary N) is 1. The van der Waals surface area contributed by atoms with Crippen molar-refractivity contribution in [3.63, 3.8) is 0 Å². The van der Waals surface area contributed by atoms with Gasteiger partial charge in [-0.15, -0.1) is 0 Å². The van der Waals surface area contributed by atoms with Crippen molar-refractivity contribution in [2.75, 3.05) is 6.54 Å². The van der Waals surface area contributed by atoms with Crippen LogP contribution >= 0.6 is 0 Å². The number of nitrogens with one attached hydrogen (secondary N) is 1. The van der Waals surface area contributed by atoms with Crippen molar-refractivity contribution in [1.82, 2.24) is 9.97 Å². The largest absolute Gasteiger partial charge is 0.457 e. The van der Waals surface area contributed by atoms with Crippen LogP contribution in [-0.4, -0.2) is 16.5 Å². The van der Waals surface area contributed by atoms with Crippen molar-refractivity contribution in [1.29, 1.82) is 0 Å². The predicted octanol–water partition coefficient (Wildman–Crippen LogP) is 6.46. The number of unbranched alkanes of at least 4 members (excludes halogenated alkanes) is 1. The van der Waals surface area contributed by atoms with E-state index in [9.17, 15) is 0 Å². The molecule has 0 aliphatic carbocycles. The number of nitrogens with zero attached hydrogens (tertiary/aromatic N) is 1. The molecule has 154 valence electrons. The van der Waals surface area contributed by atoms with Crippen molar-refractivity contribution in [3.05, 3.63) is 90.6 Å².